The number of sulfonamides is 1. The Kier molecular flexibility index (Phi) is 4.19. The van der Waals surface area contributed by atoms with Crippen molar-refractivity contribution in [3.8, 4) is 11.8 Å². The maximum Gasteiger partial charge on any atom is 0.240 e. The second kappa shape index (κ2) is 5.57. The van der Waals surface area contributed by atoms with Gasteiger partial charge in [0.15, 0.2) is 0 Å². The molecule has 0 unspecified atom stereocenters. The minimum atomic E-state index is -3.48. The number of nitrogens with one attached hydrogen (secondary N) is 1. The summed E-state index contributed by atoms with van der Waals surface area (Å²) in [7, 11) is -3.48. The van der Waals surface area contributed by atoms with Gasteiger partial charge in [-0.15, -0.1) is 0 Å². The van der Waals surface area contributed by atoms with Gasteiger partial charge >= 0.3 is 0 Å². The molecule has 0 aromatic heterocycles. The molecule has 20 heavy (non-hydrogen) atoms. The molecule has 3 N–H and O–H groups in total. The van der Waals surface area contributed by atoms with Crippen molar-refractivity contribution >= 4 is 10.0 Å². The van der Waals surface area contributed by atoms with Crippen LogP contribution in [0.1, 0.15) is 30.9 Å². The van der Waals surface area contributed by atoms with Crippen molar-refractivity contribution in [2.24, 2.45) is 11.1 Å². The SMILES string of the molecule is Cc1ccc(C#CCN)cc1S(=O)(=O)NCC1(C)CC1. The van der Waals surface area contributed by atoms with E-state index in [0.29, 0.717) is 17.0 Å². The summed E-state index contributed by atoms with van der Waals surface area (Å²) in [4.78, 5) is 0.297. The van der Waals surface area contributed by atoms with Crippen LogP contribution in [0.2, 0.25) is 0 Å². The lowest BCUT2D eigenvalue weighted by Crippen LogP contribution is -2.29. The van der Waals surface area contributed by atoms with Gasteiger partial charge in [-0.2, -0.15) is 0 Å². The first-order chi connectivity index (χ1) is 9.36. The van der Waals surface area contributed by atoms with Crippen molar-refractivity contribution in [2.75, 3.05) is 13.1 Å². The molecule has 0 atom stereocenters. The third-order valence-corrected chi connectivity index (χ3v) is 5.15. The van der Waals surface area contributed by atoms with Gasteiger partial charge in [-0.05, 0) is 42.9 Å². The summed E-state index contributed by atoms with van der Waals surface area (Å²) in [5.41, 5.74) is 6.85. The van der Waals surface area contributed by atoms with Crippen LogP contribution in [0, 0.1) is 24.2 Å². The number of hydrogen-bond acceptors (Lipinski definition) is 3. The Morgan fingerprint density at radius 3 is 2.70 bits per heavy atom. The van der Waals surface area contributed by atoms with E-state index >= 15 is 0 Å². The van der Waals surface area contributed by atoms with E-state index in [9.17, 15) is 8.42 Å². The van der Waals surface area contributed by atoms with Crippen molar-refractivity contribution in [1.82, 2.24) is 4.72 Å². The molecule has 1 saturated carbocycles. The van der Waals surface area contributed by atoms with Gasteiger partial charge in [0, 0.05) is 12.1 Å². The molecular weight excluding hydrogens is 272 g/mol. The van der Waals surface area contributed by atoms with Crippen LogP contribution >= 0.6 is 0 Å². The van der Waals surface area contributed by atoms with Crippen molar-refractivity contribution in [2.45, 2.75) is 31.6 Å². The predicted molar refractivity (Wildman–Crippen MR) is 79.6 cm³/mol. The molecule has 0 radical (unpaired) electrons. The second-order valence-electron chi connectivity index (χ2n) is 5.62. The number of rotatable bonds is 4. The Bertz CT molecular complexity index is 665. The Hall–Kier alpha value is -1.35. The molecule has 108 valence electrons. The third-order valence-electron chi connectivity index (χ3n) is 3.60. The normalized spacial score (nSPS) is 16.4. The van der Waals surface area contributed by atoms with Gasteiger partial charge in [0.25, 0.3) is 0 Å². The third kappa shape index (κ3) is 3.60. The zero-order chi connectivity index (χ0) is 14.8. The number of benzene rings is 1. The fourth-order valence-electron chi connectivity index (χ4n) is 1.86. The van der Waals surface area contributed by atoms with E-state index in [0.717, 1.165) is 18.4 Å². The lowest BCUT2D eigenvalue weighted by atomic mass is 10.1. The topological polar surface area (TPSA) is 72.2 Å². The Balaban J connectivity index is 2.25. The van der Waals surface area contributed by atoms with E-state index in [-0.39, 0.29) is 12.0 Å². The first kappa shape index (κ1) is 15.0. The average Bonchev–Trinajstić information content (AvgIpc) is 3.14. The minimum absolute atomic E-state index is 0.137. The summed E-state index contributed by atoms with van der Waals surface area (Å²) in [5, 5.41) is 0. The van der Waals surface area contributed by atoms with E-state index in [1.54, 1.807) is 25.1 Å². The van der Waals surface area contributed by atoms with E-state index in [2.05, 4.69) is 23.5 Å². The maximum atomic E-state index is 12.4. The van der Waals surface area contributed by atoms with Crippen LogP contribution in [0.4, 0.5) is 0 Å². The molecule has 0 aliphatic heterocycles. The van der Waals surface area contributed by atoms with Gasteiger partial charge in [-0.25, -0.2) is 13.1 Å². The lowest BCUT2D eigenvalue weighted by Gasteiger charge is -2.12. The molecule has 0 spiro atoms. The highest BCUT2D eigenvalue weighted by atomic mass is 32.2. The Morgan fingerprint density at radius 2 is 2.10 bits per heavy atom. The van der Waals surface area contributed by atoms with E-state index < -0.39 is 10.0 Å². The molecule has 1 aromatic rings. The van der Waals surface area contributed by atoms with Gasteiger partial charge in [-0.1, -0.05) is 24.8 Å². The molecule has 2 rings (SSSR count). The largest absolute Gasteiger partial charge is 0.320 e. The van der Waals surface area contributed by atoms with Crippen LogP contribution in [0.15, 0.2) is 23.1 Å². The summed E-state index contributed by atoms with van der Waals surface area (Å²) in [6.45, 7) is 4.62. The highest BCUT2D eigenvalue weighted by molar-refractivity contribution is 7.89. The van der Waals surface area contributed by atoms with Crippen molar-refractivity contribution < 1.29 is 8.42 Å². The lowest BCUT2D eigenvalue weighted by molar-refractivity contribution is 0.530. The molecule has 0 bridgehead atoms. The van der Waals surface area contributed by atoms with Crippen LogP contribution in [0.5, 0.6) is 0 Å². The Morgan fingerprint density at radius 1 is 1.40 bits per heavy atom. The predicted octanol–water partition coefficient (Wildman–Crippen LogP) is 1.38. The zero-order valence-corrected chi connectivity index (χ0v) is 12.7. The van der Waals surface area contributed by atoms with Crippen LogP contribution in [-0.4, -0.2) is 21.5 Å². The summed E-state index contributed by atoms with van der Waals surface area (Å²) >= 11 is 0. The molecule has 4 nitrogen and oxygen atoms in total. The standard InChI is InChI=1S/C15H20N2O2S/c1-12-5-6-13(4-3-9-16)10-14(12)20(18,19)17-11-15(2)7-8-15/h5-6,10,17H,7-9,11,16H2,1-2H3. The van der Waals surface area contributed by atoms with Gasteiger partial charge in [0.2, 0.25) is 10.0 Å². The summed E-state index contributed by atoms with van der Waals surface area (Å²) in [5.74, 6) is 5.59. The van der Waals surface area contributed by atoms with Crippen LogP contribution in [0.3, 0.4) is 0 Å². The quantitative estimate of drug-likeness (QED) is 0.824. The van der Waals surface area contributed by atoms with Gasteiger partial charge in [0.1, 0.15) is 0 Å². The molecule has 1 aliphatic rings. The summed E-state index contributed by atoms with van der Waals surface area (Å²) in [6, 6.07) is 5.18. The second-order valence-corrected chi connectivity index (χ2v) is 7.36. The van der Waals surface area contributed by atoms with Crippen LogP contribution in [-0.2, 0) is 10.0 Å². The number of nitrogens with two attached hydrogens (primary N) is 1. The zero-order valence-electron chi connectivity index (χ0n) is 11.9. The first-order valence-electron chi connectivity index (χ1n) is 6.66. The molecule has 0 heterocycles. The van der Waals surface area contributed by atoms with E-state index in [1.807, 2.05) is 0 Å². The van der Waals surface area contributed by atoms with Crippen LogP contribution < -0.4 is 10.5 Å². The molecule has 1 aromatic carbocycles. The van der Waals surface area contributed by atoms with Crippen molar-refractivity contribution in [3.63, 3.8) is 0 Å². The van der Waals surface area contributed by atoms with Gasteiger partial charge < -0.3 is 5.73 Å². The van der Waals surface area contributed by atoms with Crippen molar-refractivity contribution in [1.29, 1.82) is 0 Å². The highest BCUT2D eigenvalue weighted by Gasteiger charge is 2.38. The fraction of sp³-hybridized carbons (Fsp3) is 0.467. The molecule has 1 fully saturated rings. The van der Waals surface area contributed by atoms with E-state index in [1.165, 1.54) is 0 Å². The molecule has 0 amide bonds. The smallest absolute Gasteiger partial charge is 0.240 e. The first-order valence-corrected chi connectivity index (χ1v) is 8.14. The fourth-order valence-corrected chi connectivity index (χ4v) is 3.33. The number of aryl methyl sites for hydroxylation is 1. The minimum Gasteiger partial charge on any atom is -0.320 e. The van der Waals surface area contributed by atoms with Crippen molar-refractivity contribution in [3.05, 3.63) is 29.3 Å². The summed E-state index contributed by atoms with van der Waals surface area (Å²) in [6.07, 6.45) is 2.16. The average molecular weight is 292 g/mol. The number of hydrogen-bond donors (Lipinski definition) is 2. The van der Waals surface area contributed by atoms with Gasteiger partial charge in [0.05, 0.1) is 11.4 Å². The molecule has 1 aliphatic carbocycles. The molecular formula is C15H20N2O2S. The monoisotopic (exact) mass is 292 g/mol. The summed E-state index contributed by atoms with van der Waals surface area (Å²) < 4.78 is 27.4. The van der Waals surface area contributed by atoms with Crippen LogP contribution in [0.25, 0.3) is 0 Å². The molecule has 5 heteroatoms. The highest BCUT2D eigenvalue weighted by Crippen LogP contribution is 2.44. The maximum absolute atomic E-state index is 12.4. The Labute approximate surface area is 120 Å². The van der Waals surface area contributed by atoms with E-state index in [4.69, 9.17) is 5.73 Å². The van der Waals surface area contributed by atoms with Gasteiger partial charge in [-0.3, -0.25) is 0 Å². The molecule has 0 saturated heterocycles.